The van der Waals surface area contributed by atoms with Gasteiger partial charge in [0.05, 0.1) is 11.4 Å². The maximum atomic E-state index is 12.3. The third-order valence-electron chi connectivity index (χ3n) is 4.61. The van der Waals surface area contributed by atoms with E-state index in [-0.39, 0.29) is 18.9 Å². The predicted octanol–water partition coefficient (Wildman–Crippen LogP) is 1.26. The average Bonchev–Trinajstić information content (AvgIpc) is 3.17. The Bertz CT molecular complexity index is 755. The molecule has 2 aromatic rings. The number of nitrogens with zero attached hydrogens (tertiary/aromatic N) is 4. The molecule has 8 heteroatoms. The number of hydrogen-bond donors (Lipinski definition) is 0. The third-order valence-corrected chi connectivity index (χ3v) is 5.46. The summed E-state index contributed by atoms with van der Waals surface area (Å²) >= 11 is 1.46. The number of thiophene rings is 1. The van der Waals surface area contributed by atoms with Crippen LogP contribution >= 0.6 is 11.3 Å². The van der Waals surface area contributed by atoms with Gasteiger partial charge in [-0.25, -0.2) is 4.79 Å². The zero-order valence-corrected chi connectivity index (χ0v) is 14.2. The van der Waals surface area contributed by atoms with Gasteiger partial charge >= 0.3 is 5.76 Å². The van der Waals surface area contributed by atoms with E-state index in [9.17, 15) is 9.59 Å². The molecule has 0 unspecified atom stereocenters. The molecule has 0 atom stereocenters. The Morgan fingerprint density at radius 3 is 2.75 bits per heavy atom. The summed E-state index contributed by atoms with van der Waals surface area (Å²) in [7, 11) is 0. The first-order valence-corrected chi connectivity index (χ1v) is 9.22. The van der Waals surface area contributed by atoms with Gasteiger partial charge in [-0.05, 0) is 24.3 Å². The highest BCUT2D eigenvalue weighted by molar-refractivity contribution is 7.13. The summed E-state index contributed by atoms with van der Waals surface area (Å²) in [6.07, 6.45) is 2.88. The first kappa shape index (κ1) is 15.6. The van der Waals surface area contributed by atoms with Crippen molar-refractivity contribution in [2.24, 2.45) is 0 Å². The molecule has 1 aliphatic heterocycles. The fraction of sp³-hybridized carbons (Fsp3) is 0.562. The van der Waals surface area contributed by atoms with E-state index in [2.05, 4.69) is 10.00 Å². The molecule has 1 aliphatic carbocycles. The maximum Gasteiger partial charge on any atom is 0.437 e. The normalized spacial score (nSPS) is 18.9. The van der Waals surface area contributed by atoms with E-state index >= 15 is 0 Å². The minimum absolute atomic E-state index is 0.0815. The Balaban J connectivity index is 1.32. The third kappa shape index (κ3) is 3.29. The van der Waals surface area contributed by atoms with Gasteiger partial charge in [-0.3, -0.25) is 9.69 Å². The zero-order valence-electron chi connectivity index (χ0n) is 13.4. The predicted molar refractivity (Wildman–Crippen MR) is 89.9 cm³/mol. The Kier molecular flexibility index (Phi) is 4.24. The van der Waals surface area contributed by atoms with Gasteiger partial charge in [0.15, 0.2) is 0 Å². The van der Waals surface area contributed by atoms with Gasteiger partial charge in [0, 0.05) is 38.6 Å². The van der Waals surface area contributed by atoms with E-state index in [0.29, 0.717) is 5.89 Å². The smallest absolute Gasteiger partial charge is 0.387 e. The highest BCUT2D eigenvalue weighted by Crippen LogP contribution is 2.27. The summed E-state index contributed by atoms with van der Waals surface area (Å²) in [6, 6.07) is 4.49. The van der Waals surface area contributed by atoms with Crippen molar-refractivity contribution < 1.29 is 9.21 Å². The number of piperazine rings is 1. The van der Waals surface area contributed by atoms with Crippen LogP contribution in [0.15, 0.2) is 26.7 Å². The summed E-state index contributed by atoms with van der Waals surface area (Å²) < 4.78 is 6.40. The molecule has 4 rings (SSSR count). The fourth-order valence-electron chi connectivity index (χ4n) is 3.08. The number of amides is 1. The molecule has 0 bridgehead atoms. The molecule has 1 saturated heterocycles. The van der Waals surface area contributed by atoms with Gasteiger partial charge in [-0.15, -0.1) is 16.4 Å². The first-order chi connectivity index (χ1) is 11.7. The minimum Gasteiger partial charge on any atom is -0.387 e. The second kappa shape index (κ2) is 6.52. The van der Waals surface area contributed by atoms with Gasteiger partial charge in [0.25, 0.3) is 5.89 Å². The van der Waals surface area contributed by atoms with Crippen molar-refractivity contribution in [2.45, 2.75) is 31.8 Å². The van der Waals surface area contributed by atoms with Crippen molar-refractivity contribution in [2.75, 3.05) is 26.2 Å². The van der Waals surface area contributed by atoms with Crippen LogP contribution in [0.5, 0.6) is 0 Å². The molecule has 0 radical (unpaired) electrons. The Morgan fingerprint density at radius 1 is 1.29 bits per heavy atom. The van der Waals surface area contributed by atoms with E-state index in [4.69, 9.17) is 4.42 Å². The summed E-state index contributed by atoms with van der Waals surface area (Å²) in [4.78, 5) is 29.4. The molecule has 0 N–H and O–H groups in total. The van der Waals surface area contributed by atoms with Crippen LogP contribution in [0, 0.1) is 0 Å². The second-order valence-corrected chi connectivity index (χ2v) is 7.22. The number of aryl methyl sites for hydroxylation is 1. The Hall–Kier alpha value is -1.93. The van der Waals surface area contributed by atoms with Crippen molar-refractivity contribution in [3.8, 4) is 10.8 Å². The lowest BCUT2D eigenvalue weighted by Crippen LogP contribution is -2.49. The van der Waals surface area contributed by atoms with E-state index in [1.807, 2.05) is 22.4 Å². The van der Waals surface area contributed by atoms with Gasteiger partial charge in [-0.2, -0.15) is 4.68 Å². The van der Waals surface area contributed by atoms with Crippen molar-refractivity contribution in [1.29, 1.82) is 0 Å². The monoisotopic (exact) mass is 348 g/mol. The molecular weight excluding hydrogens is 328 g/mol. The molecule has 2 aromatic heterocycles. The van der Waals surface area contributed by atoms with Gasteiger partial charge in [0.1, 0.15) is 0 Å². The van der Waals surface area contributed by atoms with Crippen molar-refractivity contribution in [3.05, 3.63) is 28.1 Å². The first-order valence-electron chi connectivity index (χ1n) is 8.34. The molecule has 0 spiro atoms. The molecule has 128 valence electrons. The maximum absolute atomic E-state index is 12.3. The Morgan fingerprint density at radius 2 is 2.08 bits per heavy atom. The largest absolute Gasteiger partial charge is 0.437 e. The molecule has 2 aliphatic rings. The number of aromatic nitrogens is 2. The number of carbonyl (C=O) groups excluding carboxylic acids is 1. The zero-order chi connectivity index (χ0) is 16.5. The summed E-state index contributed by atoms with van der Waals surface area (Å²) in [6.45, 7) is 3.74. The van der Waals surface area contributed by atoms with Gasteiger partial charge in [0.2, 0.25) is 5.91 Å². The minimum atomic E-state index is -0.509. The number of carbonyl (C=O) groups is 1. The fourth-order valence-corrected chi connectivity index (χ4v) is 3.73. The second-order valence-electron chi connectivity index (χ2n) is 6.27. The number of rotatable bonds is 5. The van der Waals surface area contributed by atoms with Crippen molar-refractivity contribution in [1.82, 2.24) is 19.6 Å². The Labute approximate surface area is 143 Å². The van der Waals surface area contributed by atoms with Crippen LogP contribution in [0.3, 0.4) is 0 Å². The van der Waals surface area contributed by atoms with Crippen LogP contribution in [-0.2, 0) is 11.3 Å². The van der Waals surface area contributed by atoms with Crippen molar-refractivity contribution in [3.63, 3.8) is 0 Å². The van der Waals surface area contributed by atoms with Gasteiger partial charge < -0.3 is 9.32 Å². The van der Waals surface area contributed by atoms with E-state index in [0.717, 1.165) is 37.1 Å². The molecule has 3 heterocycles. The number of hydrogen-bond acceptors (Lipinski definition) is 6. The van der Waals surface area contributed by atoms with Crippen molar-refractivity contribution >= 4 is 17.2 Å². The topological polar surface area (TPSA) is 71.6 Å². The standard InChI is InChI=1S/C16H20N4O3S/c21-14(19-9-7-18(8-10-19)12-3-4-12)5-6-20-16(22)23-15(17-20)13-2-1-11-24-13/h1-2,11-12H,3-10H2. The lowest BCUT2D eigenvalue weighted by Gasteiger charge is -2.34. The quantitative estimate of drug-likeness (QED) is 0.813. The lowest BCUT2D eigenvalue weighted by atomic mass is 10.2. The van der Waals surface area contributed by atoms with Crippen LogP contribution in [0.25, 0.3) is 10.8 Å². The van der Waals surface area contributed by atoms with Crippen LogP contribution in [0.2, 0.25) is 0 Å². The molecule has 24 heavy (non-hydrogen) atoms. The molecule has 0 aromatic carbocycles. The molecule has 7 nitrogen and oxygen atoms in total. The van der Waals surface area contributed by atoms with Crippen LogP contribution < -0.4 is 5.76 Å². The van der Waals surface area contributed by atoms with E-state index in [1.54, 1.807) is 0 Å². The SMILES string of the molecule is O=C(CCn1nc(-c2cccs2)oc1=O)N1CCN(C2CC2)CC1. The summed E-state index contributed by atoms with van der Waals surface area (Å²) in [5.74, 6) is -0.108. The molecule has 1 amide bonds. The van der Waals surface area contributed by atoms with Crippen LogP contribution in [-0.4, -0.2) is 57.7 Å². The molecule has 1 saturated carbocycles. The van der Waals surface area contributed by atoms with E-state index in [1.165, 1.54) is 28.9 Å². The lowest BCUT2D eigenvalue weighted by molar-refractivity contribution is -0.133. The molecule has 2 fully saturated rings. The van der Waals surface area contributed by atoms with Crippen LogP contribution in [0.1, 0.15) is 19.3 Å². The molecular formula is C16H20N4O3S. The average molecular weight is 348 g/mol. The van der Waals surface area contributed by atoms with Gasteiger partial charge in [-0.1, -0.05) is 6.07 Å². The van der Waals surface area contributed by atoms with E-state index < -0.39 is 5.76 Å². The van der Waals surface area contributed by atoms with Crippen LogP contribution in [0.4, 0.5) is 0 Å². The summed E-state index contributed by atoms with van der Waals surface area (Å²) in [5, 5.41) is 6.08. The summed E-state index contributed by atoms with van der Waals surface area (Å²) in [5.41, 5.74) is 0. The highest BCUT2D eigenvalue weighted by Gasteiger charge is 2.32. The highest BCUT2D eigenvalue weighted by atomic mass is 32.1.